The zero-order valence-corrected chi connectivity index (χ0v) is 10.5. The molecule has 88 valence electrons. The highest BCUT2D eigenvalue weighted by Crippen LogP contribution is 2.20. The van der Waals surface area contributed by atoms with E-state index in [-0.39, 0.29) is 29.7 Å². The van der Waals surface area contributed by atoms with Crippen LogP contribution in [0.2, 0.25) is 0 Å². The van der Waals surface area contributed by atoms with Crippen molar-refractivity contribution in [3.63, 3.8) is 0 Å². The van der Waals surface area contributed by atoms with E-state index < -0.39 is 10.0 Å². The third-order valence-corrected chi connectivity index (χ3v) is 2.92. The lowest BCUT2D eigenvalue weighted by Gasteiger charge is -2.02. The topological polar surface area (TPSA) is 73.1 Å². The summed E-state index contributed by atoms with van der Waals surface area (Å²) in [7, 11) is -3.66. The van der Waals surface area contributed by atoms with Gasteiger partial charge in [-0.3, -0.25) is 4.98 Å². The van der Waals surface area contributed by atoms with Gasteiger partial charge in [0.2, 0.25) is 10.0 Å². The summed E-state index contributed by atoms with van der Waals surface area (Å²) < 4.78 is 22.4. The lowest BCUT2D eigenvalue weighted by Crippen LogP contribution is -2.12. The molecule has 0 radical (unpaired) electrons. The van der Waals surface area contributed by atoms with Gasteiger partial charge in [0.1, 0.15) is 0 Å². The van der Waals surface area contributed by atoms with E-state index in [2.05, 4.69) is 4.98 Å². The van der Waals surface area contributed by atoms with E-state index >= 15 is 0 Å². The van der Waals surface area contributed by atoms with Gasteiger partial charge < -0.3 is 0 Å². The van der Waals surface area contributed by atoms with Gasteiger partial charge in [-0.1, -0.05) is 12.1 Å². The largest absolute Gasteiger partial charge is 0.264 e. The molecule has 2 rings (SSSR count). The molecule has 0 aliphatic rings. The SMILES string of the molecule is Cl.Cl.NS(=O)(=O)c1cccc2cnccc12. The minimum absolute atomic E-state index is 0. The quantitative estimate of drug-likeness (QED) is 0.865. The van der Waals surface area contributed by atoms with E-state index in [1.54, 1.807) is 24.4 Å². The van der Waals surface area contributed by atoms with Gasteiger partial charge >= 0.3 is 0 Å². The molecule has 2 aromatic rings. The number of aromatic nitrogens is 1. The molecule has 4 nitrogen and oxygen atoms in total. The summed E-state index contributed by atoms with van der Waals surface area (Å²) in [5.41, 5.74) is 0. The number of pyridine rings is 1. The second kappa shape index (κ2) is 5.45. The fourth-order valence-electron chi connectivity index (χ4n) is 1.34. The maximum Gasteiger partial charge on any atom is 0.238 e. The Hall–Kier alpha value is -0.880. The number of rotatable bonds is 1. The van der Waals surface area contributed by atoms with Crippen molar-refractivity contribution < 1.29 is 8.42 Å². The normalized spacial score (nSPS) is 10.3. The van der Waals surface area contributed by atoms with Crippen LogP contribution in [0.15, 0.2) is 41.6 Å². The summed E-state index contributed by atoms with van der Waals surface area (Å²) >= 11 is 0. The van der Waals surface area contributed by atoms with Crippen LogP contribution in [0.3, 0.4) is 0 Å². The summed E-state index contributed by atoms with van der Waals surface area (Å²) in [6.07, 6.45) is 3.14. The number of primary sulfonamides is 1. The molecule has 0 unspecified atom stereocenters. The molecule has 16 heavy (non-hydrogen) atoms. The minimum atomic E-state index is -3.66. The predicted molar refractivity (Wildman–Crippen MR) is 67.6 cm³/mol. The lowest BCUT2D eigenvalue weighted by molar-refractivity contribution is 0.598. The Labute approximate surface area is 106 Å². The standard InChI is InChI=1S/C9H8N2O2S.2ClH/c10-14(12,13)9-3-1-2-7-6-11-5-4-8(7)9;;/h1-6H,(H2,10,12,13);2*1H. The van der Waals surface area contributed by atoms with Crippen LogP contribution in [0.1, 0.15) is 0 Å². The maximum absolute atomic E-state index is 11.2. The van der Waals surface area contributed by atoms with E-state index in [0.29, 0.717) is 5.39 Å². The molecule has 1 heterocycles. The first-order valence-corrected chi connectivity index (χ1v) is 5.49. The number of nitrogens with two attached hydrogens (primary N) is 1. The summed E-state index contributed by atoms with van der Waals surface area (Å²) in [5.74, 6) is 0. The number of sulfonamides is 1. The minimum Gasteiger partial charge on any atom is -0.264 e. The molecule has 0 spiro atoms. The lowest BCUT2D eigenvalue weighted by atomic mass is 10.2. The summed E-state index contributed by atoms with van der Waals surface area (Å²) in [4.78, 5) is 4.04. The van der Waals surface area contributed by atoms with Gasteiger partial charge in [0, 0.05) is 23.2 Å². The van der Waals surface area contributed by atoms with Crippen molar-refractivity contribution >= 4 is 45.6 Å². The van der Waals surface area contributed by atoms with Crippen LogP contribution in [0, 0.1) is 0 Å². The van der Waals surface area contributed by atoms with Crippen molar-refractivity contribution in [2.75, 3.05) is 0 Å². The van der Waals surface area contributed by atoms with E-state index in [0.717, 1.165) is 5.39 Å². The number of hydrogen-bond donors (Lipinski definition) is 1. The Balaban J connectivity index is 0.00000112. The zero-order valence-electron chi connectivity index (χ0n) is 8.03. The average Bonchev–Trinajstić information content (AvgIpc) is 2.15. The van der Waals surface area contributed by atoms with Crippen LogP contribution in [-0.2, 0) is 10.0 Å². The number of benzene rings is 1. The fraction of sp³-hybridized carbons (Fsp3) is 0. The van der Waals surface area contributed by atoms with Gasteiger partial charge in [-0.15, -0.1) is 24.8 Å². The average molecular weight is 281 g/mol. The number of hydrogen-bond acceptors (Lipinski definition) is 3. The van der Waals surface area contributed by atoms with Gasteiger partial charge in [-0.2, -0.15) is 0 Å². The van der Waals surface area contributed by atoms with Crippen LogP contribution in [-0.4, -0.2) is 13.4 Å². The van der Waals surface area contributed by atoms with Crippen LogP contribution in [0.5, 0.6) is 0 Å². The van der Waals surface area contributed by atoms with Gasteiger partial charge in [-0.05, 0) is 12.1 Å². The third kappa shape index (κ3) is 2.82. The van der Waals surface area contributed by atoms with Gasteiger partial charge in [-0.25, -0.2) is 13.6 Å². The highest BCUT2D eigenvalue weighted by Gasteiger charge is 2.10. The van der Waals surface area contributed by atoms with E-state index in [4.69, 9.17) is 5.14 Å². The molecule has 0 aliphatic carbocycles. The first-order valence-electron chi connectivity index (χ1n) is 3.94. The molecule has 0 fully saturated rings. The molecular weight excluding hydrogens is 271 g/mol. The molecule has 1 aromatic carbocycles. The summed E-state index contributed by atoms with van der Waals surface area (Å²) in [5, 5.41) is 6.44. The molecule has 0 aliphatic heterocycles. The van der Waals surface area contributed by atoms with Crippen LogP contribution in [0.4, 0.5) is 0 Å². The molecule has 0 atom stereocenters. The predicted octanol–water partition coefficient (Wildman–Crippen LogP) is 1.73. The number of nitrogens with zero attached hydrogens (tertiary/aromatic N) is 1. The highest BCUT2D eigenvalue weighted by atomic mass is 35.5. The van der Waals surface area contributed by atoms with Crippen molar-refractivity contribution in [1.82, 2.24) is 4.98 Å². The van der Waals surface area contributed by atoms with Crippen molar-refractivity contribution in [2.45, 2.75) is 4.90 Å². The zero-order chi connectivity index (χ0) is 10.2. The Morgan fingerprint density at radius 1 is 1.12 bits per heavy atom. The van der Waals surface area contributed by atoms with Crippen molar-refractivity contribution in [3.8, 4) is 0 Å². The first-order chi connectivity index (χ1) is 6.59. The molecule has 7 heteroatoms. The van der Waals surface area contributed by atoms with Gasteiger partial charge in [0.15, 0.2) is 0 Å². The Bertz CT molecular complexity index is 582. The number of fused-ring (bicyclic) bond motifs is 1. The molecule has 1 aromatic heterocycles. The number of halogens is 2. The van der Waals surface area contributed by atoms with Crippen molar-refractivity contribution in [2.24, 2.45) is 5.14 Å². The Morgan fingerprint density at radius 3 is 2.44 bits per heavy atom. The molecule has 0 amide bonds. The Morgan fingerprint density at radius 2 is 1.81 bits per heavy atom. The smallest absolute Gasteiger partial charge is 0.238 e. The first kappa shape index (κ1) is 15.1. The van der Waals surface area contributed by atoms with Crippen LogP contribution in [0.25, 0.3) is 10.8 Å². The fourth-order valence-corrected chi connectivity index (χ4v) is 2.10. The summed E-state index contributed by atoms with van der Waals surface area (Å²) in [6.45, 7) is 0. The molecule has 0 saturated heterocycles. The molecule has 0 saturated carbocycles. The molecule has 0 bridgehead atoms. The second-order valence-electron chi connectivity index (χ2n) is 2.90. The van der Waals surface area contributed by atoms with Crippen LogP contribution < -0.4 is 5.14 Å². The van der Waals surface area contributed by atoms with E-state index in [1.807, 2.05) is 0 Å². The maximum atomic E-state index is 11.2. The Kier molecular flexibility index (Phi) is 5.15. The van der Waals surface area contributed by atoms with Crippen LogP contribution >= 0.6 is 24.8 Å². The van der Waals surface area contributed by atoms with Crippen molar-refractivity contribution in [1.29, 1.82) is 0 Å². The molecule has 2 N–H and O–H groups in total. The molecular formula is C9H10Cl2N2O2S. The summed E-state index contributed by atoms with van der Waals surface area (Å²) in [6, 6.07) is 6.55. The van der Waals surface area contributed by atoms with Crippen molar-refractivity contribution in [3.05, 3.63) is 36.7 Å². The van der Waals surface area contributed by atoms with Gasteiger partial charge in [0.05, 0.1) is 4.90 Å². The second-order valence-corrected chi connectivity index (χ2v) is 4.43. The highest BCUT2D eigenvalue weighted by molar-refractivity contribution is 7.89. The van der Waals surface area contributed by atoms with Gasteiger partial charge in [0.25, 0.3) is 0 Å². The van der Waals surface area contributed by atoms with E-state index in [1.165, 1.54) is 12.3 Å². The third-order valence-electron chi connectivity index (χ3n) is 1.95. The monoisotopic (exact) mass is 280 g/mol. The van der Waals surface area contributed by atoms with E-state index in [9.17, 15) is 8.42 Å².